The normalized spacial score (nSPS) is 12.6. The number of hydroxylamine groups is 1. The minimum Gasteiger partial charge on any atom is -0.381 e. The van der Waals surface area contributed by atoms with Gasteiger partial charge in [0.05, 0.1) is 27.0 Å². The molecule has 0 heterocycles. The van der Waals surface area contributed by atoms with Crippen molar-refractivity contribution in [3.05, 3.63) is 55.1 Å². The third kappa shape index (κ3) is 6.04. The summed E-state index contributed by atoms with van der Waals surface area (Å²) in [5.41, 5.74) is 0.473. The molecular formula is C16H10Cl2F5IN2O3. The van der Waals surface area contributed by atoms with E-state index in [1.165, 1.54) is 12.1 Å². The average molecular weight is 571 g/mol. The maximum absolute atomic E-state index is 14.4. The van der Waals surface area contributed by atoms with Crippen molar-refractivity contribution in [1.29, 1.82) is 0 Å². The van der Waals surface area contributed by atoms with Crippen LogP contribution in [-0.4, -0.2) is 29.9 Å². The maximum Gasteiger partial charge on any atom is 0.416 e. The summed E-state index contributed by atoms with van der Waals surface area (Å²) in [6.45, 7) is -1.32. The quantitative estimate of drug-likeness (QED) is 0.193. The SMILES string of the molecule is O=C(NOCC(O)C(F)(F)F)c1cc(Cl)c(F)c(F)c1Nc1ccc(I)cc1Cl. The van der Waals surface area contributed by atoms with E-state index in [9.17, 15) is 26.7 Å². The number of hydrogen-bond donors (Lipinski definition) is 3. The van der Waals surface area contributed by atoms with Crippen molar-refractivity contribution in [2.45, 2.75) is 12.3 Å². The molecule has 2 aromatic carbocycles. The number of halogens is 8. The molecule has 3 N–H and O–H groups in total. The largest absolute Gasteiger partial charge is 0.416 e. The molecule has 0 aliphatic carbocycles. The topological polar surface area (TPSA) is 70.6 Å². The van der Waals surface area contributed by atoms with Crippen LogP contribution < -0.4 is 10.8 Å². The van der Waals surface area contributed by atoms with Crippen LogP contribution in [-0.2, 0) is 4.84 Å². The van der Waals surface area contributed by atoms with E-state index in [4.69, 9.17) is 28.3 Å². The van der Waals surface area contributed by atoms with Crippen molar-refractivity contribution in [3.63, 3.8) is 0 Å². The van der Waals surface area contributed by atoms with Crippen molar-refractivity contribution in [1.82, 2.24) is 5.48 Å². The Morgan fingerprint density at radius 1 is 1.17 bits per heavy atom. The van der Waals surface area contributed by atoms with Crippen molar-refractivity contribution in [2.24, 2.45) is 0 Å². The molecule has 0 fully saturated rings. The number of amides is 1. The monoisotopic (exact) mass is 570 g/mol. The number of rotatable bonds is 6. The lowest BCUT2D eigenvalue weighted by molar-refractivity contribution is -0.221. The zero-order valence-corrected chi connectivity index (χ0v) is 17.6. The molecule has 5 nitrogen and oxygen atoms in total. The highest BCUT2D eigenvalue weighted by Crippen LogP contribution is 2.34. The molecular weight excluding hydrogens is 561 g/mol. The van der Waals surface area contributed by atoms with Gasteiger partial charge >= 0.3 is 6.18 Å². The highest BCUT2D eigenvalue weighted by molar-refractivity contribution is 14.1. The van der Waals surface area contributed by atoms with Crippen LogP contribution in [0.2, 0.25) is 10.0 Å². The summed E-state index contributed by atoms with van der Waals surface area (Å²) in [7, 11) is 0. The lowest BCUT2D eigenvalue weighted by Crippen LogP contribution is -2.36. The van der Waals surface area contributed by atoms with Crippen LogP contribution in [0, 0.1) is 15.2 Å². The van der Waals surface area contributed by atoms with Gasteiger partial charge in [0.1, 0.15) is 6.61 Å². The van der Waals surface area contributed by atoms with Gasteiger partial charge in [-0.2, -0.15) is 13.2 Å². The van der Waals surface area contributed by atoms with Crippen LogP contribution in [0.15, 0.2) is 24.3 Å². The molecule has 1 atom stereocenters. The van der Waals surface area contributed by atoms with Crippen molar-refractivity contribution in [2.75, 3.05) is 11.9 Å². The molecule has 2 aromatic rings. The molecule has 0 radical (unpaired) electrons. The smallest absolute Gasteiger partial charge is 0.381 e. The number of anilines is 2. The second kappa shape index (κ2) is 9.60. The van der Waals surface area contributed by atoms with Crippen LogP contribution in [0.5, 0.6) is 0 Å². The summed E-state index contributed by atoms with van der Waals surface area (Å²) in [6, 6.07) is 5.30. The summed E-state index contributed by atoms with van der Waals surface area (Å²) in [6.07, 6.45) is -7.83. The van der Waals surface area contributed by atoms with E-state index >= 15 is 0 Å². The van der Waals surface area contributed by atoms with Gasteiger partial charge in [-0.3, -0.25) is 9.63 Å². The Bertz CT molecular complexity index is 930. The molecule has 1 amide bonds. The first-order chi connectivity index (χ1) is 13.4. The fourth-order valence-electron chi connectivity index (χ4n) is 1.96. The molecule has 0 aliphatic heterocycles. The number of carbonyl (C=O) groups excluding carboxylic acids is 1. The van der Waals surface area contributed by atoms with Crippen molar-refractivity contribution < 1.29 is 36.7 Å². The van der Waals surface area contributed by atoms with Gasteiger partial charge < -0.3 is 10.4 Å². The van der Waals surface area contributed by atoms with E-state index in [2.05, 4.69) is 10.2 Å². The first kappa shape index (κ1) is 23.9. The van der Waals surface area contributed by atoms with E-state index in [0.29, 0.717) is 0 Å². The number of benzene rings is 2. The predicted molar refractivity (Wildman–Crippen MR) is 104 cm³/mol. The summed E-state index contributed by atoms with van der Waals surface area (Å²) in [5.74, 6) is -4.22. The number of hydrogen-bond acceptors (Lipinski definition) is 4. The zero-order valence-electron chi connectivity index (χ0n) is 13.9. The Kier molecular flexibility index (Phi) is 7.90. The van der Waals surface area contributed by atoms with Gasteiger partial charge in [0.2, 0.25) is 0 Å². The molecule has 2 rings (SSSR count). The number of aliphatic hydroxyl groups excluding tert-OH is 1. The van der Waals surface area contributed by atoms with E-state index in [-0.39, 0.29) is 10.7 Å². The third-order valence-corrected chi connectivity index (χ3v) is 4.64. The molecule has 0 aliphatic rings. The van der Waals surface area contributed by atoms with E-state index in [1.54, 1.807) is 11.5 Å². The molecule has 0 saturated carbocycles. The first-order valence-corrected chi connectivity index (χ1v) is 9.31. The molecule has 0 spiro atoms. The number of nitrogens with one attached hydrogen (secondary N) is 2. The second-order valence-electron chi connectivity index (χ2n) is 5.46. The number of aliphatic hydroxyl groups is 1. The Labute approximate surface area is 184 Å². The van der Waals surface area contributed by atoms with Gasteiger partial charge in [0.25, 0.3) is 5.91 Å². The van der Waals surface area contributed by atoms with Gasteiger partial charge in [-0.05, 0) is 46.9 Å². The molecule has 0 bridgehead atoms. The van der Waals surface area contributed by atoms with E-state index in [1.807, 2.05) is 22.6 Å². The standard InChI is InChI=1S/C16H10Cl2F5IN2O3/c17-8-3-6(24)1-2-10(8)25-14-7(4-9(18)12(19)13(14)20)15(28)26-29-5-11(27)16(21,22)23/h1-4,11,25,27H,5H2,(H,26,28). The Balaban J connectivity index is 2.30. The highest BCUT2D eigenvalue weighted by atomic mass is 127. The van der Waals surface area contributed by atoms with Gasteiger partial charge in [0, 0.05) is 3.57 Å². The summed E-state index contributed by atoms with van der Waals surface area (Å²) >= 11 is 13.5. The van der Waals surface area contributed by atoms with E-state index < -0.39 is 52.7 Å². The zero-order chi connectivity index (χ0) is 21.9. The lowest BCUT2D eigenvalue weighted by Gasteiger charge is -2.17. The molecule has 158 valence electrons. The van der Waals surface area contributed by atoms with Gasteiger partial charge in [0.15, 0.2) is 17.7 Å². The molecule has 29 heavy (non-hydrogen) atoms. The minimum absolute atomic E-state index is 0.121. The van der Waals surface area contributed by atoms with Gasteiger partial charge in [-0.25, -0.2) is 14.3 Å². The fourth-order valence-corrected chi connectivity index (χ4v) is 3.05. The van der Waals surface area contributed by atoms with Crippen LogP contribution in [0.1, 0.15) is 10.4 Å². The molecule has 1 unspecified atom stereocenters. The van der Waals surface area contributed by atoms with Crippen molar-refractivity contribution in [3.8, 4) is 0 Å². The summed E-state index contributed by atoms with van der Waals surface area (Å²) in [5, 5.41) is 10.7. The van der Waals surface area contributed by atoms with Crippen LogP contribution in [0.4, 0.5) is 33.3 Å². The van der Waals surface area contributed by atoms with Gasteiger partial charge in [-0.1, -0.05) is 23.2 Å². The lowest BCUT2D eigenvalue weighted by atomic mass is 10.1. The Hall–Kier alpha value is -1.41. The summed E-state index contributed by atoms with van der Waals surface area (Å²) in [4.78, 5) is 16.5. The van der Waals surface area contributed by atoms with Gasteiger partial charge in [-0.15, -0.1) is 0 Å². The third-order valence-electron chi connectivity index (χ3n) is 3.38. The second-order valence-corrected chi connectivity index (χ2v) is 7.52. The molecule has 0 saturated heterocycles. The molecule has 0 aromatic heterocycles. The Morgan fingerprint density at radius 3 is 2.41 bits per heavy atom. The Morgan fingerprint density at radius 2 is 1.83 bits per heavy atom. The van der Waals surface area contributed by atoms with Crippen LogP contribution in [0.25, 0.3) is 0 Å². The first-order valence-electron chi connectivity index (χ1n) is 7.48. The fraction of sp³-hybridized carbons (Fsp3) is 0.188. The summed E-state index contributed by atoms with van der Waals surface area (Å²) < 4.78 is 65.8. The highest BCUT2D eigenvalue weighted by Gasteiger charge is 2.38. The van der Waals surface area contributed by atoms with Crippen molar-refractivity contribution >= 4 is 63.1 Å². The van der Waals surface area contributed by atoms with Crippen LogP contribution >= 0.6 is 45.8 Å². The average Bonchev–Trinajstić information content (AvgIpc) is 2.62. The molecule has 13 heteroatoms. The van der Waals surface area contributed by atoms with E-state index in [0.717, 1.165) is 9.64 Å². The minimum atomic E-state index is -4.97. The van der Waals surface area contributed by atoms with Crippen LogP contribution in [0.3, 0.4) is 0 Å². The maximum atomic E-state index is 14.4. The number of carbonyl (C=O) groups is 1. The predicted octanol–water partition coefficient (Wildman–Crippen LogP) is 5.20. The number of alkyl halides is 3.